The summed E-state index contributed by atoms with van der Waals surface area (Å²) in [4.78, 5) is 12.2. The van der Waals surface area contributed by atoms with E-state index >= 15 is 0 Å². The van der Waals surface area contributed by atoms with Crippen LogP contribution in [0.2, 0.25) is 0 Å². The number of aliphatic hydroxyl groups is 1. The lowest BCUT2D eigenvalue weighted by Crippen LogP contribution is -2.50. The van der Waals surface area contributed by atoms with Crippen LogP contribution < -0.4 is 5.32 Å². The minimum absolute atomic E-state index is 0.276. The third-order valence-corrected chi connectivity index (χ3v) is 3.88. The molecule has 1 aromatic carbocycles. The zero-order valence-corrected chi connectivity index (χ0v) is 13.1. The van der Waals surface area contributed by atoms with Crippen molar-refractivity contribution in [2.75, 3.05) is 0 Å². The number of nitrogens with one attached hydrogen (secondary N) is 1. The quantitative estimate of drug-likeness (QED) is 0.878. The summed E-state index contributed by atoms with van der Waals surface area (Å²) in [5.41, 5.74) is 0.113. The molecule has 1 fully saturated rings. The van der Waals surface area contributed by atoms with Crippen LogP contribution in [0.3, 0.4) is 0 Å². The highest BCUT2D eigenvalue weighted by molar-refractivity contribution is 5.69. The molecule has 0 aliphatic heterocycles. The van der Waals surface area contributed by atoms with Crippen LogP contribution in [0.1, 0.15) is 52.0 Å². The van der Waals surface area contributed by atoms with Crippen LogP contribution in [0.4, 0.5) is 4.79 Å². The molecule has 0 atom stereocenters. The molecule has 116 valence electrons. The van der Waals surface area contributed by atoms with E-state index in [4.69, 9.17) is 4.74 Å². The number of carbonyl (C=O) groups is 1. The van der Waals surface area contributed by atoms with Crippen molar-refractivity contribution in [2.24, 2.45) is 0 Å². The lowest BCUT2D eigenvalue weighted by molar-refractivity contribution is 0.0331. The summed E-state index contributed by atoms with van der Waals surface area (Å²) in [5, 5.41) is 12.8. The van der Waals surface area contributed by atoms with Gasteiger partial charge in [-0.15, -0.1) is 0 Å². The Morgan fingerprint density at radius 2 is 1.81 bits per heavy atom. The predicted molar refractivity (Wildman–Crippen MR) is 82.0 cm³/mol. The van der Waals surface area contributed by atoms with Crippen LogP contribution in [-0.2, 0) is 10.3 Å². The van der Waals surface area contributed by atoms with Crippen LogP contribution in [0, 0.1) is 0 Å². The van der Waals surface area contributed by atoms with E-state index in [2.05, 4.69) is 5.32 Å². The third-order valence-electron chi connectivity index (χ3n) is 3.88. The van der Waals surface area contributed by atoms with E-state index in [-0.39, 0.29) is 6.10 Å². The Balaban J connectivity index is 2.19. The number of rotatable bonds is 2. The van der Waals surface area contributed by atoms with Gasteiger partial charge >= 0.3 is 6.09 Å². The summed E-state index contributed by atoms with van der Waals surface area (Å²) in [6.07, 6.45) is 2.13. The molecule has 2 N–H and O–H groups in total. The van der Waals surface area contributed by atoms with Crippen LogP contribution in [0.5, 0.6) is 0 Å². The van der Waals surface area contributed by atoms with Crippen LogP contribution >= 0.6 is 0 Å². The maximum atomic E-state index is 12.2. The lowest BCUT2D eigenvalue weighted by Gasteiger charge is -2.40. The number of amides is 1. The van der Waals surface area contributed by atoms with Crippen molar-refractivity contribution in [1.82, 2.24) is 5.32 Å². The van der Waals surface area contributed by atoms with Gasteiger partial charge in [-0.25, -0.2) is 4.79 Å². The molecular weight excluding hydrogens is 266 g/mol. The lowest BCUT2D eigenvalue weighted by atomic mass is 9.75. The topological polar surface area (TPSA) is 58.6 Å². The van der Waals surface area contributed by atoms with Crippen molar-refractivity contribution in [3.63, 3.8) is 0 Å². The summed E-state index contributed by atoms with van der Waals surface area (Å²) in [6.45, 7) is 5.56. The van der Waals surface area contributed by atoms with E-state index in [1.54, 1.807) is 0 Å². The second-order valence-electron chi connectivity index (χ2n) is 6.81. The first kappa shape index (κ1) is 15.8. The molecule has 0 unspecified atom stereocenters. The van der Waals surface area contributed by atoms with Gasteiger partial charge in [0.25, 0.3) is 0 Å². The van der Waals surface area contributed by atoms with E-state index in [1.807, 2.05) is 51.1 Å². The first-order chi connectivity index (χ1) is 9.81. The molecule has 1 amide bonds. The Kier molecular flexibility index (Phi) is 4.57. The standard InChI is InChI=1S/C17H25NO3/c1-16(2,3)21-15(20)18-17(11-9-14(19)10-12-17)13-7-5-4-6-8-13/h4-8,14,19H,9-12H2,1-3H3,(H,18,20). The zero-order valence-electron chi connectivity index (χ0n) is 13.1. The second kappa shape index (κ2) is 6.06. The van der Waals surface area contributed by atoms with Gasteiger partial charge in [0, 0.05) is 0 Å². The second-order valence-corrected chi connectivity index (χ2v) is 6.81. The fourth-order valence-corrected chi connectivity index (χ4v) is 2.84. The van der Waals surface area contributed by atoms with Crippen molar-refractivity contribution in [3.05, 3.63) is 35.9 Å². The van der Waals surface area contributed by atoms with Crippen molar-refractivity contribution in [2.45, 2.75) is 63.7 Å². The van der Waals surface area contributed by atoms with Crippen LogP contribution in [0.25, 0.3) is 0 Å². The molecule has 1 aliphatic rings. The average Bonchev–Trinajstić information content (AvgIpc) is 2.40. The van der Waals surface area contributed by atoms with Crippen LogP contribution in [-0.4, -0.2) is 22.9 Å². The van der Waals surface area contributed by atoms with Gasteiger partial charge in [-0.1, -0.05) is 30.3 Å². The highest BCUT2D eigenvalue weighted by atomic mass is 16.6. The number of ether oxygens (including phenoxy) is 1. The molecule has 21 heavy (non-hydrogen) atoms. The molecule has 0 radical (unpaired) electrons. The van der Waals surface area contributed by atoms with Crippen molar-refractivity contribution in [1.29, 1.82) is 0 Å². The minimum atomic E-state index is -0.518. The van der Waals surface area contributed by atoms with Gasteiger partial charge in [0.15, 0.2) is 0 Å². The Morgan fingerprint density at radius 1 is 1.24 bits per heavy atom. The molecule has 0 spiro atoms. The molecule has 4 heteroatoms. The van der Waals surface area contributed by atoms with Crippen molar-refractivity contribution in [3.8, 4) is 0 Å². The molecule has 2 rings (SSSR count). The van der Waals surface area contributed by atoms with Gasteiger partial charge in [-0.05, 0) is 52.0 Å². The van der Waals surface area contributed by atoms with Gasteiger partial charge < -0.3 is 15.2 Å². The predicted octanol–water partition coefficient (Wildman–Crippen LogP) is 3.34. The number of hydrogen-bond acceptors (Lipinski definition) is 3. The average molecular weight is 291 g/mol. The molecular formula is C17H25NO3. The molecule has 1 aromatic rings. The fourth-order valence-electron chi connectivity index (χ4n) is 2.84. The molecule has 0 bridgehead atoms. The van der Waals surface area contributed by atoms with Gasteiger partial charge in [-0.2, -0.15) is 0 Å². The van der Waals surface area contributed by atoms with Gasteiger partial charge in [-0.3, -0.25) is 0 Å². The van der Waals surface area contributed by atoms with Crippen LogP contribution in [0.15, 0.2) is 30.3 Å². The van der Waals surface area contributed by atoms with Gasteiger partial charge in [0.1, 0.15) is 5.60 Å². The largest absolute Gasteiger partial charge is 0.444 e. The number of alkyl carbamates (subject to hydrolysis) is 1. The zero-order chi connectivity index (χ0) is 15.5. The SMILES string of the molecule is CC(C)(C)OC(=O)NC1(c2ccccc2)CCC(O)CC1. The Hall–Kier alpha value is -1.55. The monoisotopic (exact) mass is 291 g/mol. The first-order valence-electron chi connectivity index (χ1n) is 7.55. The normalized spacial score (nSPS) is 26.2. The summed E-state index contributed by atoms with van der Waals surface area (Å²) < 4.78 is 5.40. The number of aliphatic hydroxyl groups excluding tert-OH is 1. The molecule has 4 nitrogen and oxygen atoms in total. The summed E-state index contributed by atoms with van der Waals surface area (Å²) in [5.74, 6) is 0. The van der Waals surface area contributed by atoms with E-state index in [1.165, 1.54) is 0 Å². The maximum Gasteiger partial charge on any atom is 0.408 e. The minimum Gasteiger partial charge on any atom is -0.444 e. The fraction of sp³-hybridized carbons (Fsp3) is 0.588. The molecule has 0 heterocycles. The highest BCUT2D eigenvalue weighted by Gasteiger charge is 2.38. The Morgan fingerprint density at radius 3 is 2.33 bits per heavy atom. The van der Waals surface area contributed by atoms with Gasteiger partial charge in [0.05, 0.1) is 11.6 Å². The molecule has 1 saturated carbocycles. The maximum absolute atomic E-state index is 12.2. The van der Waals surface area contributed by atoms with Crippen molar-refractivity contribution < 1.29 is 14.6 Å². The highest BCUT2D eigenvalue weighted by Crippen LogP contribution is 2.37. The molecule has 0 aromatic heterocycles. The number of benzene rings is 1. The summed E-state index contributed by atoms with van der Waals surface area (Å²) in [6, 6.07) is 9.95. The van der Waals surface area contributed by atoms with Crippen molar-refractivity contribution >= 4 is 6.09 Å². The number of carbonyl (C=O) groups excluding carboxylic acids is 1. The molecule has 1 aliphatic carbocycles. The van der Waals surface area contributed by atoms with E-state index in [0.29, 0.717) is 12.8 Å². The Bertz CT molecular complexity index is 471. The van der Waals surface area contributed by atoms with E-state index in [0.717, 1.165) is 18.4 Å². The number of hydrogen-bond donors (Lipinski definition) is 2. The third kappa shape index (κ3) is 4.21. The summed E-state index contributed by atoms with van der Waals surface area (Å²) >= 11 is 0. The smallest absolute Gasteiger partial charge is 0.408 e. The van der Waals surface area contributed by atoms with E-state index in [9.17, 15) is 9.90 Å². The Labute approximate surface area is 126 Å². The molecule has 0 saturated heterocycles. The first-order valence-corrected chi connectivity index (χ1v) is 7.55. The van der Waals surface area contributed by atoms with Gasteiger partial charge in [0.2, 0.25) is 0 Å². The summed E-state index contributed by atoms with van der Waals surface area (Å²) in [7, 11) is 0. The van der Waals surface area contributed by atoms with E-state index < -0.39 is 17.2 Å².